The summed E-state index contributed by atoms with van der Waals surface area (Å²) in [5.74, 6) is 0. The molecule has 0 amide bonds. The van der Waals surface area contributed by atoms with Crippen molar-refractivity contribution in [1.82, 2.24) is 0 Å². The van der Waals surface area contributed by atoms with Gasteiger partial charge in [0.2, 0.25) is 0 Å². The molecule has 0 aliphatic carbocycles. The first kappa shape index (κ1) is 23.8. The third kappa shape index (κ3) is 7.76. The van der Waals surface area contributed by atoms with E-state index >= 15 is 0 Å². The second kappa shape index (κ2) is 11.7. The molecule has 2 fully saturated rings. The van der Waals surface area contributed by atoms with Crippen LogP contribution in [0.5, 0.6) is 0 Å². The van der Waals surface area contributed by atoms with E-state index in [0.717, 1.165) is 0 Å². The number of ether oxygens (including phenoxy) is 5. The second-order valence-corrected chi connectivity index (χ2v) is 7.04. The summed E-state index contributed by atoms with van der Waals surface area (Å²) in [6.45, 7) is 3.68. The predicted octanol–water partition coefficient (Wildman–Crippen LogP) is 1.05. The summed E-state index contributed by atoms with van der Waals surface area (Å²) in [6.07, 6.45) is -2.64. The van der Waals surface area contributed by atoms with Crippen LogP contribution in [0.4, 0.5) is 4.79 Å². The molecule has 0 radical (unpaired) electrons. The van der Waals surface area contributed by atoms with Crippen molar-refractivity contribution in [3.05, 3.63) is 20.2 Å². The van der Waals surface area contributed by atoms with E-state index in [1.165, 1.54) is 0 Å². The molecule has 1 unspecified atom stereocenters. The van der Waals surface area contributed by atoms with Gasteiger partial charge in [-0.15, -0.1) is 20.2 Å². The summed E-state index contributed by atoms with van der Waals surface area (Å²) in [4.78, 5) is 40.8. The van der Waals surface area contributed by atoms with Gasteiger partial charge in [-0.3, -0.25) is 0 Å². The van der Waals surface area contributed by atoms with Crippen LogP contribution in [0.25, 0.3) is 0 Å². The van der Waals surface area contributed by atoms with E-state index in [0.29, 0.717) is 19.4 Å². The Kier molecular flexibility index (Phi) is 9.26. The number of unbranched alkanes of at least 4 members (excludes halogenated alkanes) is 1. The van der Waals surface area contributed by atoms with E-state index in [9.17, 15) is 25.0 Å². The molecule has 0 spiro atoms. The Labute approximate surface area is 171 Å². The number of carbonyl (C=O) groups excluding carboxylic acids is 1. The molecule has 2 saturated heterocycles. The van der Waals surface area contributed by atoms with Crippen LogP contribution < -0.4 is 0 Å². The van der Waals surface area contributed by atoms with Crippen molar-refractivity contribution in [2.75, 3.05) is 26.4 Å². The van der Waals surface area contributed by atoms with Gasteiger partial charge < -0.3 is 33.4 Å². The zero-order valence-corrected chi connectivity index (χ0v) is 16.7. The molecule has 5 atom stereocenters. The van der Waals surface area contributed by atoms with Gasteiger partial charge in [-0.05, 0) is 33.1 Å². The smallest absolute Gasteiger partial charge is 0.432 e. The maximum absolute atomic E-state index is 11.6. The maximum atomic E-state index is 11.6. The summed E-state index contributed by atoms with van der Waals surface area (Å²) >= 11 is 0. The van der Waals surface area contributed by atoms with Crippen molar-refractivity contribution in [1.29, 1.82) is 0 Å². The van der Waals surface area contributed by atoms with Crippen LogP contribution in [0, 0.1) is 20.2 Å². The van der Waals surface area contributed by atoms with E-state index in [1.54, 1.807) is 13.8 Å². The molecule has 0 aromatic carbocycles. The third-order valence-corrected chi connectivity index (χ3v) is 4.40. The Morgan fingerprint density at radius 2 is 1.73 bits per heavy atom. The van der Waals surface area contributed by atoms with Crippen molar-refractivity contribution in [3.8, 4) is 0 Å². The normalized spacial score (nSPS) is 26.1. The van der Waals surface area contributed by atoms with Gasteiger partial charge in [0.05, 0.1) is 19.3 Å². The third-order valence-electron chi connectivity index (χ3n) is 4.40. The Bertz CT molecular complexity index is 589. The lowest BCUT2D eigenvalue weighted by atomic mass is 10.1. The topological polar surface area (TPSA) is 168 Å². The van der Waals surface area contributed by atoms with Gasteiger partial charge in [0.1, 0.15) is 31.0 Å². The quantitative estimate of drug-likeness (QED) is 0.174. The molecule has 2 rings (SSSR count). The molecular weight excluding hydrogens is 412 g/mol. The number of hydrogen-bond acceptors (Lipinski definition) is 12. The van der Waals surface area contributed by atoms with Gasteiger partial charge in [0.25, 0.3) is 10.2 Å². The molecule has 0 aromatic rings. The van der Waals surface area contributed by atoms with E-state index in [1.807, 2.05) is 0 Å². The van der Waals surface area contributed by atoms with Gasteiger partial charge in [0.15, 0.2) is 6.10 Å². The van der Waals surface area contributed by atoms with Crippen molar-refractivity contribution in [3.63, 3.8) is 0 Å². The monoisotopic (exact) mass is 438 g/mol. The SMILES string of the molecule is CC(C)OC(=O)O[C@@H]1CO[C@H]2[C@@H]1OC[C@H]2OCCCCC(CO[N+](=O)[O-])O[N+](=O)[O-]. The van der Waals surface area contributed by atoms with Crippen LogP contribution in [0.3, 0.4) is 0 Å². The zero-order chi connectivity index (χ0) is 22.1. The number of rotatable bonds is 13. The minimum absolute atomic E-state index is 0.179. The fourth-order valence-electron chi connectivity index (χ4n) is 3.16. The summed E-state index contributed by atoms with van der Waals surface area (Å²) in [5.41, 5.74) is 0. The first-order valence-electron chi connectivity index (χ1n) is 9.56. The van der Waals surface area contributed by atoms with Gasteiger partial charge in [-0.2, -0.15) is 0 Å². The van der Waals surface area contributed by atoms with E-state index in [2.05, 4.69) is 9.68 Å². The number of nitrogens with zero attached hydrogens (tertiary/aromatic N) is 2. The molecule has 0 N–H and O–H groups in total. The van der Waals surface area contributed by atoms with Crippen LogP contribution in [0.15, 0.2) is 0 Å². The van der Waals surface area contributed by atoms with Crippen LogP contribution >= 0.6 is 0 Å². The fraction of sp³-hybridized carbons (Fsp3) is 0.938. The molecule has 14 heteroatoms. The lowest BCUT2D eigenvalue weighted by Crippen LogP contribution is -2.35. The molecule has 30 heavy (non-hydrogen) atoms. The van der Waals surface area contributed by atoms with Crippen LogP contribution in [-0.4, -0.2) is 79.4 Å². The van der Waals surface area contributed by atoms with Crippen LogP contribution in [0.2, 0.25) is 0 Å². The summed E-state index contributed by atoms with van der Waals surface area (Å²) in [6, 6.07) is 0. The molecular formula is C16H26N2O12. The Morgan fingerprint density at radius 1 is 1.07 bits per heavy atom. The number of fused-ring (bicyclic) bond motifs is 1. The van der Waals surface area contributed by atoms with E-state index < -0.39 is 41.2 Å². The molecule has 0 bridgehead atoms. The highest BCUT2D eigenvalue weighted by Gasteiger charge is 2.50. The first-order valence-corrected chi connectivity index (χ1v) is 9.56. The Hall–Kier alpha value is -2.45. The van der Waals surface area contributed by atoms with Crippen LogP contribution in [-0.2, 0) is 33.4 Å². The highest BCUT2D eigenvalue weighted by molar-refractivity contribution is 5.60. The van der Waals surface area contributed by atoms with Crippen molar-refractivity contribution in [2.24, 2.45) is 0 Å². The highest BCUT2D eigenvalue weighted by atomic mass is 17.0. The largest absolute Gasteiger partial charge is 0.508 e. The van der Waals surface area contributed by atoms with E-state index in [4.69, 9.17) is 23.7 Å². The second-order valence-electron chi connectivity index (χ2n) is 7.04. The van der Waals surface area contributed by atoms with Gasteiger partial charge in [-0.1, -0.05) is 0 Å². The average Bonchev–Trinajstić information content (AvgIpc) is 3.21. The van der Waals surface area contributed by atoms with Crippen molar-refractivity contribution in [2.45, 2.75) is 69.7 Å². The minimum atomic E-state index is -1.04. The first-order chi connectivity index (χ1) is 14.3. The van der Waals surface area contributed by atoms with Gasteiger partial charge in [0, 0.05) is 6.61 Å². The molecule has 2 aliphatic heterocycles. The Balaban J connectivity index is 1.65. The maximum Gasteiger partial charge on any atom is 0.508 e. The predicted molar refractivity (Wildman–Crippen MR) is 94.4 cm³/mol. The zero-order valence-electron chi connectivity index (χ0n) is 16.7. The molecule has 2 heterocycles. The van der Waals surface area contributed by atoms with Crippen molar-refractivity contribution >= 4 is 6.16 Å². The molecule has 172 valence electrons. The number of carbonyl (C=O) groups is 1. The lowest BCUT2D eigenvalue weighted by molar-refractivity contribution is -0.790. The van der Waals surface area contributed by atoms with Crippen LogP contribution in [0.1, 0.15) is 33.1 Å². The molecule has 2 aliphatic rings. The number of hydrogen-bond donors (Lipinski definition) is 0. The summed E-state index contributed by atoms with van der Waals surface area (Å²) in [7, 11) is 0. The minimum Gasteiger partial charge on any atom is -0.432 e. The summed E-state index contributed by atoms with van der Waals surface area (Å²) < 4.78 is 27.2. The standard InChI is InChI=1S/C16H26N2O12/c1-10(2)28-16(19)29-13-9-26-14-12(8-25-15(13)14)24-6-4-3-5-11(30-18(22)23)7-27-17(20)21/h10-15H,3-9H2,1-2H3/t11?,12-,13-,14-,15-/m1/s1. The molecule has 0 saturated carbocycles. The molecule has 0 aromatic heterocycles. The lowest BCUT2D eigenvalue weighted by Gasteiger charge is -2.18. The average molecular weight is 438 g/mol. The summed E-state index contributed by atoms with van der Waals surface area (Å²) in [5, 5.41) is 18.6. The fourth-order valence-corrected chi connectivity index (χ4v) is 3.16. The van der Waals surface area contributed by atoms with Crippen molar-refractivity contribution < 1.29 is 48.3 Å². The molecule has 14 nitrogen and oxygen atoms in total. The van der Waals surface area contributed by atoms with E-state index in [-0.39, 0.29) is 37.9 Å². The Morgan fingerprint density at radius 3 is 2.37 bits per heavy atom. The highest BCUT2D eigenvalue weighted by Crippen LogP contribution is 2.31. The van der Waals surface area contributed by atoms with Gasteiger partial charge in [-0.25, -0.2) is 4.79 Å². The van der Waals surface area contributed by atoms with Gasteiger partial charge >= 0.3 is 6.16 Å².